The number of carbonyl (C=O) groups is 14. The summed E-state index contributed by atoms with van der Waals surface area (Å²) in [6.07, 6.45) is -31.5. The summed E-state index contributed by atoms with van der Waals surface area (Å²) in [5.41, 5.74) is 0. The molecule has 56 heteroatoms. The highest BCUT2D eigenvalue weighted by atomic mass is 16.8. The zero-order valence-electron chi connectivity index (χ0n) is 72.1. The Balaban J connectivity index is 1.10. The van der Waals surface area contributed by atoms with Gasteiger partial charge in [-0.2, -0.15) is 0 Å². The van der Waals surface area contributed by atoms with E-state index in [0.29, 0.717) is 24.9 Å². The van der Waals surface area contributed by atoms with Gasteiger partial charge in [-0.1, -0.05) is 20.6 Å². The van der Waals surface area contributed by atoms with Gasteiger partial charge in [0, 0.05) is 39.3 Å². The van der Waals surface area contributed by atoms with E-state index in [1.54, 1.807) is 0 Å². The zero-order chi connectivity index (χ0) is 97.0. The van der Waals surface area contributed by atoms with Crippen molar-refractivity contribution in [3.8, 4) is 0 Å². The van der Waals surface area contributed by atoms with Crippen molar-refractivity contribution in [1.82, 2.24) is 73.6 Å². The maximum Gasteiger partial charge on any atom is 0.265 e. The van der Waals surface area contributed by atoms with Gasteiger partial charge in [0.05, 0.1) is 39.5 Å². The van der Waals surface area contributed by atoms with E-state index in [-0.39, 0.29) is 142 Å². The number of hydrogen-bond donors (Lipinski definition) is 28. The highest BCUT2D eigenvalue weighted by Gasteiger charge is 2.50. The molecule has 0 aromatic rings. The number of fused-ring (bicyclic) bond motifs is 2. The molecule has 7 saturated heterocycles. The fraction of sp³-hybridized carbons (Fsp3) is 0.763. The molecule has 0 saturated carbocycles. The van der Waals surface area contributed by atoms with Crippen LogP contribution in [0.1, 0.15) is 117 Å². The first kappa shape index (κ1) is 109. The van der Waals surface area contributed by atoms with E-state index >= 15 is 0 Å². The average Bonchev–Trinajstić information content (AvgIpc) is 1.80. The standard InChI is InChI=1S/C76H122N18O38/c1-35-65(117)91-39(15-5-9-21-79-49(101)29-85-131-75-63(115)59(111)55(107)45(33-97)127-75)71(123)93-23-11-17-41(93)69(121)82-26-52(104)90-38(14-4-8-20-78-48(100)28-84-130-74-62(114)58(110)54(106)44(32-96)126-74)68(120)88-36(2)66(118)92-40(16-6-10-22-80-50(102)30-86-132-76-64(116)60(112)56(108)46(34-98)128-76)72(124)94-24-12-18-42(94)70(122)81-25-51(103)89-37(67(119)87-35)13-3-7-19-77-47(99)27-83-129-73-61(113)57(109)53(105)43(31-95)125-73/h27-30,35-46,53-64,73-76,95-98,105-116H,3-26,31-34H2,1-2H3,(H,77,99)(H,78,100)(H,79,101)(H,80,102)(H,81,122)(H,82,121)(H,87,119)(H,88,120)(H,89,103)(H,90,104)(H,91,117)(H,92,118)/b83-27+,84-28+,85-29+,86-30+/t35-,36-,37-,38-,39-,40-,41-,42-,43+,44+,45+,46+,53+,54+,55+,56+,57-,58-,59-,60-,61+,62+,63+,64+,73-,74-,75-,76-/m0/s1. The summed E-state index contributed by atoms with van der Waals surface area (Å²) in [5.74, 6) is -13.0. The Hall–Kier alpha value is -10.3. The number of carbonyl (C=O) groups excluding carboxylic acids is 14. The smallest absolute Gasteiger partial charge is 0.265 e. The second-order valence-corrected chi connectivity index (χ2v) is 31.9. The molecule has 7 aliphatic heterocycles. The molecule has 744 valence electrons. The van der Waals surface area contributed by atoms with Crippen molar-refractivity contribution < 1.29 is 187 Å². The van der Waals surface area contributed by atoms with Gasteiger partial charge in [0.2, 0.25) is 59.1 Å². The lowest BCUT2D eigenvalue weighted by molar-refractivity contribution is -0.301. The molecule has 7 heterocycles. The quantitative estimate of drug-likeness (QED) is 0.0157. The van der Waals surface area contributed by atoms with Gasteiger partial charge in [0.1, 0.15) is 171 Å². The van der Waals surface area contributed by atoms with Crippen molar-refractivity contribution in [3.05, 3.63) is 0 Å². The fourth-order valence-electron chi connectivity index (χ4n) is 14.6. The van der Waals surface area contributed by atoms with Crippen LogP contribution in [0.3, 0.4) is 0 Å². The Bertz CT molecular complexity index is 3690. The lowest BCUT2D eigenvalue weighted by Gasteiger charge is -2.38. The summed E-state index contributed by atoms with van der Waals surface area (Å²) in [6.45, 7) is -3.11. The molecule has 56 nitrogen and oxygen atoms in total. The molecule has 0 bridgehead atoms. The van der Waals surface area contributed by atoms with E-state index in [0.717, 1.165) is 9.80 Å². The predicted octanol–water partition coefficient (Wildman–Crippen LogP) is -16.5. The highest BCUT2D eigenvalue weighted by Crippen LogP contribution is 2.28. The highest BCUT2D eigenvalue weighted by molar-refractivity contribution is 6.27. The van der Waals surface area contributed by atoms with Gasteiger partial charge in [0.25, 0.3) is 48.8 Å². The number of rotatable bonds is 36. The third kappa shape index (κ3) is 32.5. The van der Waals surface area contributed by atoms with E-state index in [4.69, 9.17) is 38.3 Å². The van der Waals surface area contributed by atoms with Crippen molar-refractivity contribution >= 4 is 108 Å². The summed E-state index contributed by atoms with van der Waals surface area (Å²) in [6, 6.07) is -11.9. The van der Waals surface area contributed by atoms with E-state index in [2.05, 4.69) is 84.4 Å². The molecular formula is C76H122N18O38. The number of oxime groups is 4. The third-order valence-electron chi connectivity index (χ3n) is 22.2. The van der Waals surface area contributed by atoms with E-state index in [1.165, 1.54) is 13.8 Å². The van der Waals surface area contributed by atoms with Crippen LogP contribution in [-0.4, -0.2) is 449 Å². The molecule has 132 heavy (non-hydrogen) atoms. The molecule has 0 aromatic heterocycles. The van der Waals surface area contributed by atoms with Crippen LogP contribution in [0.5, 0.6) is 0 Å². The van der Waals surface area contributed by atoms with Crippen molar-refractivity contribution in [1.29, 1.82) is 0 Å². The first-order valence-electron chi connectivity index (χ1n) is 43.0. The predicted molar refractivity (Wildman–Crippen MR) is 439 cm³/mol. The number of nitrogens with zero attached hydrogens (tertiary/aromatic N) is 6. The molecule has 0 aliphatic carbocycles. The second-order valence-electron chi connectivity index (χ2n) is 31.9. The van der Waals surface area contributed by atoms with Gasteiger partial charge in [-0.25, -0.2) is 0 Å². The molecule has 0 aromatic carbocycles. The molecule has 0 unspecified atom stereocenters. The van der Waals surface area contributed by atoms with Gasteiger partial charge >= 0.3 is 0 Å². The minimum absolute atomic E-state index is 0.00365. The molecule has 28 atom stereocenters. The van der Waals surface area contributed by atoms with Crippen LogP contribution < -0.4 is 63.8 Å². The number of aliphatic hydroxyl groups excluding tert-OH is 16. The van der Waals surface area contributed by atoms with Crippen molar-refractivity contribution in [3.63, 3.8) is 0 Å². The summed E-state index contributed by atoms with van der Waals surface area (Å²) < 4.78 is 20.8. The van der Waals surface area contributed by atoms with E-state index in [9.17, 15) is 149 Å². The monoisotopic (exact) mass is 1890 g/mol. The molecule has 28 N–H and O–H groups in total. The molecule has 7 fully saturated rings. The van der Waals surface area contributed by atoms with Crippen molar-refractivity contribution in [2.45, 2.75) is 288 Å². The van der Waals surface area contributed by atoms with Crippen molar-refractivity contribution in [2.24, 2.45) is 20.6 Å². The van der Waals surface area contributed by atoms with Crippen LogP contribution in [0.15, 0.2) is 20.6 Å². The van der Waals surface area contributed by atoms with Crippen LogP contribution in [0.25, 0.3) is 0 Å². The lowest BCUT2D eigenvalue weighted by Crippen LogP contribution is -2.59. The molecular weight excluding hydrogens is 1770 g/mol. The number of unbranched alkanes of at least 4 members (excludes halogenated alkanes) is 4. The molecule has 0 radical (unpaired) electrons. The molecule has 7 rings (SSSR count). The molecule has 14 amide bonds. The van der Waals surface area contributed by atoms with Crippen LogP contribution in [-0.2, 0) is 105 Å². The first-order valence-corrected chi connectivity index (χ1v) is 43.0. The third-order valence-corrected chi connectivity index (χ3v) is 22.2. The SMILES string of the molecule is C[C@@H]1NC(=O)[C@H](CCCCNC(=O)/C=N/O[C@@H]2O[C@H](CO)[C@@H](O)[C@H](O)[C@H]2O)NC(=O)CNC(=O)[C@@H]2CCCN2C(=O)[C@H](CCCCNC(=O)/C=N/O[C@@H]2O[C@H](CO)[C@@H](O)[C@H](O)[C@H]2O)NC(=O)[C@H](C)NC(=O)[C@H](CCCCNC(=O)/C=N/O[C@@H]2O[C@H](CO)[C@@H](O)[C@H](O)[C@H]2O)NC(=O)CNC(=O)[C@@H]2CCCN2C(=O)[C@H](CCCCNC(=O)/C=N/O[C@@H]2O[C@H](CO)[C@@H](O)[C@H](O)[C@H]2O)NC1=O. The number of hydrogen-bond acceptors (Lipinski definition) is 42. The zero-order valence-corrected chi connectivity index (χ0v) is 72.1. The van der Waals surface area contributed by atoms with Crippen LogP contribution in [0.2, 0.25) is 0 Å². The van der Waals surface area contributed by atoms with Crippen LogP contribution >= 0.6 is 0 Å². The average molecular weight is 1900 g/mol. The Morgan fingerprint density at radius 1 is 0.348 bits per heavy atom. The molecule has 7 aliphatic rings. The Labute approximate surface area is 752 Å². The van der Waals surface area contributed by atoms with Gasteiger partial charge in [0.15, 0.2) is 0 Å². The normalized spacial score (nSPS) is 33.8. The second kappa shape index (κ2) is 54.7. The summed E-state index contributed by atoms with van der Waals surface area (Å²) in [7, 11) is 0. The Morgan fingerprint density at radius 3 is 0.864 bits per heavy atom. The number of nitrogens with one attached hydrogen (secondary N) is 12. The number of aliphatic hydroxyl groups is 16. The topological polar surface area (TPSA) is 837 Å². The number of amides is 14. The largest absolute Gasteiger partial charge is 0.394 e. The summed E-state index contributed by atoms with van der Waals surface area (Å²) in [5, 5.41) is 204. The Kier molecular flexibility index (Phi) is 45.1. The minimum atomic E-state index is -1.85. The first-order chi connectivity index (χ1) is 62.9. The van der Waals surface area contributed by atoms with Crippen LogP contribution in [0.4, 0.5) is 0 Å². The Morgan fingerprint density at radius 2 is 0.606 bits per heavy atom. The summed E-state index contributed by atoms with van der Waals surface area (Å²) >= 11 is 0. The maximum atomic E-state index is 14.9. The molecule has 0 spiro atoms. The maximum absolute atomic E-state index is 14.9. The fourth-order valence-corrected chi connectivity index (χ4v) is 14.6. The lowest BCUT2D eigenvalue weighted by atomic mass is 9.99. The van der Waals surface area contributed by atoms with Gasteiger partial charge in [-0.15, -0.1) is 0 Å². The minimum Gasteiger partial charge on any atom is -0.394 e. The van der Waals surface area contributed by atoms with Gasteiger partial charge in [-0.3, -0.25) is 67.1 Å². The number of ether oxygens (including phenoxy) is 4. The van der Waals surface area contributed by atoms with Gasteiger partial charge in [-0.05, 0) is 117 Å². The van der Waals surface area contributed by atoms with Crippen LogP contribution in [0, 0.1) is 0 Å². The van der Waals surface area contributed by atoms with Crippen molar-refractivity contribution in [2.75, 3.05) is 78.8 Å². The van der Waals surface area contributed by atoms with E-state index in [1.807, 2.05) is 0 Å². The summed E-state index contributed by atoms with van der Waals surface area (Å²) in [4.78, 5) is 218. The van der Waals surface area contributed by atoms with Gasteiger partial charge < -0.3 is 194 Å². The van der Waals surface area contributed by atoms with E-state index < -0.39 is 293 Å².